The number of amides is 1. The van der Waals surface area contributed by atoms with Crippen molar-refractivity contribution < 1.29 is 14.7 Å². The molecule has 5 heteroatoms. The maximum absolute atomic E-state index is 11.6. The Labute approximate surface area is 82.9 Å². The summed E-state index contributed by atoms with van der Waals surface area (Å²) in [7, 11) is 0. The highest BCUT2D eigenvalue weighted by Gasteiger charge is 2.33. The summed E-state index contributed by atoms with van der Waals surface area (Å²) >= 11 is 0. The van der Waals surface area contributed by atoms with E-state index < -0.39 is 18.2 Å². The van der Waals surface area contributed by atoms with Crippen molar-refractivity contribution in [3.8, 4) is 0 Å². The Morgan fingerprint density at radius 1 is 1.71 bits per heavy atom. The summed E-state index contributed by atoms with van der Waals surface area (Å²) in [5, 5.41) is 9.14. The standard InChI is InChI=1S/C9H15N2O3/c1-6(13)8(10)9(14)11-4-2-3-7(11)5-12/h6-8,13H,2-4,10H2,1H3/t6-,7+,8+/m1/s1. The second-order valence-electron chi connectivity index (χ2n) is 3.57. The van der Waals surface area contributed by atoms with Crippen LogP contribution in [0.2, 0.25) is 0 Å². The summed E-state index contributed by atoms with van der Waals surface area (Å²) in [6.45, 7) is 1.98. The number of nitrogens with two attached hydrogens (primary N) is 1. The van der Waals surface area contributed by atoms with E-state index in [1.165, 1.54) is 11.8 Å². The summed E-state index contributed by atoms with van der Waals surface area (Å²) in [6, 6.07) is -1.42. The fourth-order valence-corrected chi connectivity index (χ4v) is 1.55. The van der Waals surface area contributed by atoms with E-state index in [-0.39, 0.29) is 5.91 Å². The highest BCUT2D eigenvalue weighted by molar-refractivity contribution is 5.85. The Kier molecular flexibility index (Phi) is 3.60. The Morgan fingerprint density at radius 2 is 2.36 bits per heavy atom. The first-order valence-electron chi connectivity index (χ1n) is 4.69. The number of likely N-dealkylation sites (tertiary alicyclic amines) is 1. The van der Waals surface area contributed by atoms with Crippen LogP contribution >= 0.6 is 0 Å². The van der Waals surface area contributed by atoms with Gasteiger partial charge in [0.1, 0.15) is 6.04 Å². The van der Waals surface area contributed by atoms with Crippen LogP contribution in [0.5, 0.6) is 0 Å². The number of aliphatic hydroxyl groups is 1. The lowest BCUT2D eigenvalue weighted by atomic mass is 10.1. The van der Waals surface area contributed by atoms with Gasteiger partial charge >= 0.3 is 0 Å². The van der Waals surface area contributed by atoms with Gasteiger partial charge in [-0.25, -0.2) is 0 Å². The predicted octanol–water partition coefficient (Wildman–Crippen LogP) is -1.20. The van der Waals surface area contributed by atoms with Crippen molar-refractivity contribution in [2.45, 2.75) is 38.0 Å². The van der Waals surface area contributed by atoms with Gasteiger partial charge in [-0.15, -0.1) is 0 Å². The molecule has 3 N–H and O–H groups in total. The first-order chi connectivity index (χ1) is 6.57. The summed E-state index contributed by atoms with van der Waals surface area (Å²) < 4.78 is 0. The molecule has 1 radical (unpaired) electrons. The minimum atomic E-state index is -0.941. The first-order valence-corrected chi connectivity index (χ1v) is 4.69. The second kappa shape index (κ2) is 4.52. The molecule has 0 aromatic rings. The molecule has 0 bridgehead atoms. The van der Waals surface area contributed by atoms with Crippen LogP contribution in [0.25, 0.3) is 0 Å². The molecule has 0 unspecified atom stereocenters. The number of hydrogen-bond donors (Lipinski definition) is 2. The van der Waals surface area contributed by atoms with Crippen LogP contribution in [0.4, 0.5) is 0 Å². The van der Waals surface area contributed by atoms with E-state index in [2.05, 4.69) is 0 Å². The van der Waals surface area contributed by atoms with Gasteiger partial charge in [0, 0.05) is 6.54 Å². The van der Waals surface area contributed by atoms with Gasteiger partial charge in [-0.2, -0.15) is 0 Å². The molecule has 0 aromatic heterocycles. The van der Waals surface area contributed by atoms with E-state index in [0.29, 0.717) is 13.0 Å². The number of carbonyl (C=O) groups excluding carboxylic acids is 2. The van der Waals surface area contributed by atoms with Crippen molar-refractivity contribution in [2.75, 3.05) is 6.54 Å². The van der Waals surface area contributed by atoms with E-state index >= 15 is 0 Å². The molecular weight excluding hydrogens is 184 g/mol. The molecular formula is C9H15N2O3. The quantitative estimate of drug-likeness (QED) is 0.597. The average molecular weight is 199 g/mol. The Hall–Kier alpha value is -0.940. The third-order valence-electron chi connectivity index (χ3n) is 2.48. The van der Waals surface area contributed by atoms with E-state index in [9.17, 15) is 9.59 Å². The molecule has 5 nitrogen and oxygen atoms in total. The van der Waals surface area contributed by atoms with E-state index in [1.54, 1.807) is 6.29 Å². The van der Waals surface area contributed by atoms with E-state index in [0.717, 1.165) is 6.42 Å². The first kappa shape index (κ1) is 11.1. The van der Waals surface area contributed by atoms with Gasteiger partial charge in [0.05, 0.1) is 12.1 Å². The van der Waals surface area contributed by atoms with Crippen LogP contribution in [0.15, 0.2) is 0 Å². The van der Waals surface area contributed by atoms with Gasteiger partial charge in [-0.05, 0) is 19.8 Å². The van der Waals surface area contributed by atoms with Crippen molar-refractivity contribution in [1.29, 1.82) is 0 Å². The molecule has 14 heavy (non-hydrogen) atoms. The topological polar surface area (TPSA) is 83.6 Å². The van der Waals surface area contributed by atoms with E-state index in [4.69, 9.17) is 10.8 Å². The molecule has 1 amide bonds. The van der Waals surface area contributed by atoms with Crippen LogP contribution in [-0.2, 0) is 9.59 Å². The van der Waals surface area contributed by atoms with Crippen molar-refractivity contribution in [3.05, 3.63) is 0 Å². The third-order valence-corrected chi connectivity index (χ3v) is 2.48. The van der Waals surface area contributed by atoms with Crippen LogP contribution in [0.1, 0.15) is 19.8 Å². The normalized spacial score (nSPS) is 25.9. The zero-order valence-electron chi connectivity index (χ0n) is 8.14. The van der Waals surface area contributed by atoms with Crippen molar-refractivity contribution in [1.82, 2.24) is 4.90 Å². The molecule has 79 valence electrons. The zero-order chi connectivity index (χ0) is 10.7. The number of nitrogens with zero attached hydrogens (tertiary/aromatic N) is 1. The number of rotatable bonds is 3. The number of aliphatic hydroxyl groups excluding tert-OH is 1. The van der Waals surface area contributed by atoms with Gasteiger partial charge in [-0.1, -0.05) is 0 Å². The van der Waals surface area contributed by atoms with Crippen molar-refractivity contribution in [2.24, 2.45) is 5.73 Å². The Morgan fingerprint density at radius 3 is 2.86 bits per heavy atom. The summed E-state index contributed by atoms with van der Waals surface area (Å²) in [6.07, 6.45) is 2.34. The molecule has 3 atom stereocenters. The maximum atomic E-state index is 11.6. The second-order valence-corrected chi connectivity index (χ2v) is 3.57. The van der Waals surface area contributed by atoms with Gasteiger partial charge in [0.2, 0.25) is 12.2 Å². The van der Waals surface area contributed by atoms with Crippen molar-refractivity contribution in [3.63, 3.8) is 0 Å². The van der Waals surface area contributed by atoms with Gasteiger partial charge in [-0.3, -0.25) is 9.59 Å². The molecule has 1 aliphatic rings. The molecule has 0 saturated carbocycles. The summed E-state index contributed by atoms with van der Waals surface area (Å²) in [4.78, 5) is 23.5. The van der Waals surface area contributed by atoms with Crippen LogP contribution in [0.3, 0.4) is 0 Å². The maximum Gasteiger partial charge on any atom is 0.242 e. The molecule has 0 aliphatic carbocycles. The Balaban J connectivity index is 2.64. The zero-order valence-corrected chi connectivity index (χ0v) is 8.14. The average Bonchev–Trinajstić information content (AvgIpc) is 2.62. The van der Waals surface area contributed by atoms with Gasteiger partial charge < -0.3 is 15.7 Å². The number of hydrogen-bond acceptors (Lipinski definition) is 4. The highest BCUT2D eigenvalue weighted by atomic mass is 16.3. The van der Waals surface area contributed by atoms with Crippen LogP contribution in [-0.4, -0.2) is 46.9 Å². The largest absolute Gasteiger partial charge is 0.391 e. The third kappa shape index (κ3) is 2.10. The molecule has 0 spiro atoms. The molecule has 1 fully saturated rings. The highest BCUT2D eigenvalue weighted by Crippen LogP contribution is 2.16. The summed E-state index contributed by atoms with van der Waals surface area (Å²) in [5.41, 5.74) is 5.49. The molecule has 1 heterocycles. The predicted molar refractivity (Wildman–Crippen MR) is 50.1 cm³/mol. The van der Waals surface area contributed by atoms with Crippen LogP contribution in [0, 0.1) is 0 Å². The SMILES string of the molecule is C[C@@H](O)[C@H](N)C(=O)N1CCC[C@H]1[C]=O. The molecule has 1 saturated heterocycles. The fourth-order valence-electron chi connectivity index (χ4n) is 1.55. The van der Waals surface area contributed by atoms with Gasteiger partial charge in [0.15, 0.2) is 0 Å². The summed E-state index contributed by atoms with van der Waals surface area (Å²) in [5.74, 6) is -0.370. The van der Waals surface area contributed by atoms with Crippen molar-refractivity contribution >= 4 is 12.2 Å². The molecule has 1 rings (SSSR count). The fraction of sp³-hybridized carbons (Fsp3) is 0.778. The Bertz CT molecular complexity index is 230. The minimum Gasteiger partial charge on any atom is -0.391 e. The van der Waals surface area contributed by atoms with E-state index in [1.807, 2.05) is 0 Å². The smallest absolute Gasteiger partial charge is 0.242 e. The lowest BCUT2D eigenvalue weighted by molar-refractivity contribution is -0.134. The molecule has 1 aliphatic heterocycles. The lowest BCUT2D eigenvalue weighted by Gasteiger charge is -2.24. The van der Waals surface area contributed by atoms with Crippen LogP contribution < -0.4 is 5.73 Å². The van der Waals surface area contributed by atoms with Gasteiger partial charge in [0.25, 0.3) is 0 Å². The minimum absolute atomic E-state index is 0.370. The monoisotopic (exact) mass is 199 g/mol. The number of carbonyl (C=O) groups is 1. The molecule has 0 aromatic carbocycles. The lowest BCUT2D eigenvalue weighted by Crippen LogP contribution is -2.51.